The molecule has 1 fully saturated rings. The molecule has 0 N–H and O–H groups in total. The van der Waals surface area contributed by atoms with E-state index in [1.165, 1.54) is 69.4 Å². The third kappa shape index (κ3) is 4.80. The highest BCUT2D eigenvalue weighted by Gasteiger charge is 2.20. The van der Waals surface area contributed by atoms with Gasteiger partial charge in [-0.3, -0.25) is 0 Å². The van der Waals surface area contributed by atoms with Crippen LogP contribution in [0.25, 0.3) is 10.8 Å². The Morgan fingerprint density at radius 2 is 1.60 bits per heavy atom. The molecule has 0 amide bonds. The molecule has 1 aliphatic rings. The zero-order valence-corrected chi connectivity index (χ0v) is 15.4. The van der Waals surface area contributed by atoms with Crippen LogP contribution in [0, 0.1) is 23.5 Å². The van der Waals surface area contributed by atoms with Crippen LogP contribution in [0.1, 0.15) is 70.3 Å². The average molecular weight is 344 g/mol. The first kappa shape index (κ1) is 18.4. The van der Waals surface area contributed by atoms with Crippen LogP contribution in [0.2, 0.25) is 0 Å². The summed E-state index contributed by atoms with van der Waals surface area (Å²) >= 11 is 0. The minimum atomic E-state index is -0.768. The molecule has 3 rings (SSSR count). The molecule has 1 saturated carbocycles. The maximum Gasteiger partial charge on any atom is 0.166 e. The van der Waals surface area contributed by atoms with Crippen LogP contribution in [0.15, 0.2) is 30.3 Å². The second-order valence-corrected chi connectivity index (χ2v) is 7.84. The molecule has 0 radical (unpaired) electrons. The van der Waals surface area contributed by atoms with Crippen molar-refractivity contribution in [2.45, 2.75) is 71.1 Å². The molecular weight excluding hydrogens is 314 g/mol. The summed E-state index contributed by atoms with van der Waals surface area (Å²) < 4.78 is 27.1. The molecule has 0 heterocycles. The van der Waals surface area contributed by atoms with Crippen LogP contribution < -0.4 is 0 Å². The largest absolute Gasteiger partial charge is 0.204 e. The summed E-state index contributed by atoms with van der Waals surface area (Å²) in [7, 11) is 0. The van der Waals surface area contributed by atoms with Crippen molar-refractivity contribution in [3.63, 3.8) is 0 Å². The summed E-state index contributed by atoms with van der Waals surface area (Å²) in [6.45, 7) is 2.27. The second kappa shape index (κ2) is 8.78. The lowest BCUT2D eigenvalue weighted by Crippen LogP contribution is -2.15. The molecule has 0 aliphatic heterocycles. The first-order valence-corrected chi connectivity index (χ1v) is 10.0. The van der Waals surface area contributed by atoms with Crippen molar-refractivity contribution in [2.24, 2.45) is 11.8 Å². The summed E-state index contributed by atoms with van der Waals surface area (Å²) in [6.07, 6.45) is 13.3. The van der Waals surface area contributed by atoms with Crippen LogP contribution in [0.3, 0.4) is 0 Å². The maximum absolute atomic E-state index is 13.8. The Hall–Kier alpha value is -1.44. The Morgan fingerprint density at radius 3 is 2.32 bits per heavy atom. The third-order valence-electron chi connectivity index (χ3n) is 5.99. The molecule has 2 aromatic carbocycles. The smallest absolute Gasteiger partial charge is 0.166 e. The second-order valence-electron chi connectivity index (χ2n) is 7.84. The predicted molar refractivity (Wildman–Crippen MR) is 102 cm³/mol. The number of hydrogen-bond donors (Lipinski definition) is 0. The van der Waals surface area contributed by atoms with Gasteiger partial charge in [-0.05, 0) is 41.7 Å². The maximum atomic E-state index is 13.8. The van der Waals surface area contributed by atoms with E-state index < -0.39 is 11.6 Å². The van der Waals surface area contributed by atoms with Crippen LogP contribution in [0.4, 0.5) is 8.78 Å². The van der Waals surface area contributed by atoms with Gasteiger partial charge in [0.15, 0.2) is 11.6 Å². The molecule has 136 valence electrons. The number of halogens is 2. The highest BCUT2D eigenvalue weighted by molar-refractivity contribution is 5.83. The van der Waals surface area contributed by atoms with E-state index in [0.717, 1.165) is 23.6 Å². The predicted octanol–water partition coefficient (Wildman–Crippen LogP) is 7.44. The van der Waals surface area contributed by atoms with Gasteiger partial charge in [-0.15, -0.1) is 0 Å². The molecule has 0 aromatic heterocycles. The molecule has 25 heavy (non-hydrogen) atoms. The summed E-state index contributed by atoms with van der Waals surface area (Å²) in [5, 5.41) is 1.19. The van der Waals surface area contributed by atoms with E-state index in [2.05, 4.69) is 6.92 Å². The van der Waals surface area contributed by atoms with E-state index in [9.17, 15) is 8.78 Å². The molecule has 0 spiro atoms. The van der Waals surface area contributed by atoms with Gasteiger partial charge < -0.3 is 0 Å². The van der Waals surface area contributed by atoms with E-state index in [1.807, 2.05) is 12.1 Å². The van der Waals surface area contributed by atoms with Gasteiger partial charge in [-0.1, -0.05) is 82.6 Å². The average Bonchev–Trinajstić information content (AvgIpc) is 2.64. The number of fused-ring (bicyclic) bond motifs is 1. The zero-order chi connectivity index (χ0) is 17.6. The van der Waals surface area contributed by atoms with Crippen molar-refractivity contribution in [3.05, 3.63) is 47.5 Å². The number of aryl methyl sites for hydroxylation is 1. The number of rotatable bonds is 7. The van der Waals surface area contributed by atoms with Crippen LogP contribution in [-0.2, 0) is 6.42 Å². The van der Waals surface area contributed by atoms with Gasteiger partial charge >= 0.3 is 0 Å². The van der Waals surface area contributed by atoms with Crippen LogP contribution >= 0.6 is 0 Å². The third-order valence-corrected chi connectivity index (χ3v) is 5.99. The van der Waals surface area contributed by atoms with E-state index in [0.29, 0.717) is 5.39 Å². The van der Waals surface area contributed by atoms with Crippen molar-refractivity contribution >= 4 is 10.8 Å². The fourth-order valence-electron chi connectivity index (χ4n) is 4.33. The lowest BCUT2D eigenvalue weighted by atomic mass is 9.77. The highest BCUT2D eigenvalue weighted by Crippen LogP contribution is 2.34. The summed E-state index contributed by atoms with van der Waals surface area (Å²) in [4.78, 5) is 0. The normalized spacial score (nSPS) is 20.9. The van der Waals surface area contributed by atoms with Gasteiger partial charge in [0.2, 0.25) is 0 Å². The standard InChI is InChI=1S/C23H30F2/c1-2-3-4-5-17-6-8-18(9-7-17)10-11-19-12-14-21-20(16-19)13-15-22(24)23(21)25/h12-18H,2-11H2,1H3. The number of hydrogen-bond acceptors (Lipinski definition) is 0. The Bertz CT molecular complexity index is 684. The fraction of sp³-hybridized carbons (Fsp3) is 0.565. The molecule has 0 atom stereocenters. The summed E-state index contributed by atoms with van der Waals surface area (Å²) in [6, 6.07) is 8.61. The quantitative estimate of drug-likeness (QED) is 0.458. The molecule has 0 unspecified atom stereocenters. The van der Waals surface area contributed by atoms with E-state index >= 15 is 0 Å². The van der Waals surface area contributed by atoms with Crippen molar-refractivity contribution in [1.82, 2.24) is 0 Å². The van der Waals surface area contributed by atoms with E-state index in [1.54, 1.807) is 12.1 Å². The molecule has 2 heteroatoms. The lowest BCUT2D eigenvalue weighted by Gasteiger charge is -2.28. The van der Waals surface area contributed by atoms with Gasteiger partial charge in [0, 0.05) is 5.39 Å². The Kier molecular flexibility index (Phi) is 6.45. The molecule has 2 aromatic rings. The number of benzene rings is 2. The van der Waals surface area contributed by atoms with Crippen molar-refractivity contribution < 1.29 is 8.78 Å². The first-order valence-electron chi connectivity index (χ1n) is 10.0. The number of unbranched alkanes of at least 4 members (excludes halogenated alkanes) is 2. The van der Waals surface area contributed by atoms with Gasteiger partial charge in [0.05, 0.1) is 0 Å². The topological polar surface area (TPSA) is 0 Å². The Morgan fingerprint density at radius 1 is 0.880 bits per heavy atom. The van der Waals surface area contributed by atoms with Crippen molar-refractivity contribution in [2.75, 3.05) is 0 Å². The van der Waals surface area contributed by atoms with Crippen LogP contribution in [0.5, 0.6) is 0 Å². The highest BCUT2D eigenvalue weighted by atomic mass is 19.2. The van der Waals surface area contributed by atoms with Gasteiger partial charge in [-0.2, -0.15) is 0 Å². The minimum absolute atomic E-state index is 0.385. The Balaban J connectivity index is 1.49. The van der Waals surface area contributed by atoms with Gasteiger partial charge in [0.1, 0.15) is 0 Å². The van der Waals surface area contributed by atoms with Crippen LogP contribution in [-0.4, -0.2) is 0 Å². The van der Waals surface area contributed by atoms with Gasteiger partial charge in [0.25, 0.3) is 0 Å². The van der Waals surface area contributed by atoms with Crippen molar-refractivity contribution in [1.29, 1.82) is 0 Å². The Labute approximate surface area is 150 Å². The molecule has 0 nitrogen and oxygen atoms in total. The summed E-state index contributed by atoms with van der Waals surface area (Å²) in [5.74, 6) is 0.297. The zero-order valence-electron chi connectivity index (χ0n) is 15.4. The monoisotopic (exact) mass is 344 g/mol. The molecule has 0 saturated heterocycles. The van der Waals surface area contributed by atoms with E-state index in [4.69, 9.17) is 0 Å². The summed E-state index contributed by atoms with van der Waals surface area (Å²) in [5.41, 5.74) is 1.24. The lowest BCUT2D eigenvalue weighted by molar-refractivity contribution is 0.249. The molecule has 1 aliphatic carbocycles. The molecular formula is C23H30F2. The first-order chi connectivity index (χ1) is 12.2. The SMILES string of the molecule is CCCCCC1CCC(CCc2ccc3c(F)c(F)ccc3c2)CC1. The minimum Gasteiger partial charge on any atom is -0.204 e. The van der Waals surface area contributed by atoms with Gasteiger partial charge in [-0.25, -0.2) is 8.78 Å². The fourth-order valence-corrected chi connectivity index (χ4v) is 4.33. The van der Waals surface area contributed by atoms with E-state index in [-0.39, 0.29) is 0 Å². The van der Waals surface area contributed by atoms with Crippen molar-refractivity contribution in [3.8, 4) is 0 Å². The molecule has 0 bridgehead atoms.